The van der Waals surface area contributed by atoms with Crippen LogP contribution in [0.15, 0.2) is 23.1 Å². The van der Waals surface area contributed by atoms with Gasteiger partial charge in [-0.2, -0.15) is 0 Å². The summed E-state index contributed by atoms with van der Waals surface area (Å²) in [5, 5.41) is 14.2. The van der Waals surface area contributed by atoms with Crippen LogP contribution in [0.5, 0.6) is 0 Å². The molecule has 2 N–H and O–H groups in total. The third kappa shape index (κ3) is 6.12. The predicted octanol–water partition coefficient (Wildman–Crippen LogP) is 1.65. The molecule has 0 radical (unpaired) electrons. The van der Waals surface area contributed by atoms with E-state index in [9.17, 15) is 18.5 Å². The van der Waals surface area contributed by atoms with Gasteiger partial charge in [0.1, 0.15) is 5.69 Å². The molecule has 1 aromatic carbocycles. The lowest BCUT2D eigenvalue weighted by Crippen LogP contribution is -2.40. The number of hydrogen-bond acceptors (Lipinski definition) is 6. The molecule has 0 fully saturated rings. The molecule has 0 aliphatic rings. The molecule has 1 rings (SSSR count). The zero-order valence-corrected chi connectivity index (χ0v) is 14.9. The fraction of sp³-hybridized carbons (Fsp3) is 0.571. The van der Waals surface area contributed by atoms with Gasteiger partial charge < -0.3 is 10.2 Å². The predicted molar refractivity (Wildman–Crippen MR) is 90.2 cm³/mol. The molecule has 0 saturated heterocycles. The zero-order chi connectivity index (χ0) is 17.8. The lowest BCUT2D eigenvalue weighted by atomic mass is 10.1. The van der Waals surface area contributed by atoms with Gasteiger partial charge in [-0.25, -0.2) is 13.1 Å². The van der Waals surface area contributed by atoms with E-state index in [0.717, 1.165) is 6.07 Å². The van der Waals surface area contributed by atoms with E-state index in [4.69, 9.17) is 0 Å². The molecule has 0 spiro atoms. The number of hydrogen-bond donors (Lipinski definition) is 2. The minimum absolute atomic E-state index is 0.128. The van der Waals surface area contributed by atoms with Crippen LogP contribution in [0.2, 0.25) is 0 Å². The third-order valence-corrected chi connectivity index (χ3v) is 4.55. The highest BCUT2D eigenvalue weighted by molar-refractivity contribution is 7.89. The van der Waals surface area contributed by atoms with Gasteiger partial charge in [-0.15, -0.1) is 0 Å². The van der Waals surface area contributed by atoms with Gasteiger partial charge in [-0.05, 0) is 47.0 Å². The Kier molecular flexibility index (Phi) is 6.09. The Hall–Kier alpha value is -1.71. The van der Waals surface area contributed by atoms with Crippen molar-refractivity contribution in [2.45, 2.75) is 31.2 Å². The first kappa shape index (κ1) is 19.3. The smallest absolute Gasteiger partial charge is 0.293 e. The van der Waals surface area contributed by atoms with E-state index in [1.807, 2.05) is 19.0 Å². The van der Waals surface area contributed by atoms with E-state index >= 15 is 0 Å². The molecule has 0 atom stereocenters. The summed E-state index contributed by atoms with van der Waals surface area (Å²) in [5.74, 6) is 0. The fourth-order valence-corrected chi connectivity index (χ4v) is 3.29. The molecule has 9 heteroatoms. The Morgan fingerprint density at radius 2 is 1.87 bits per heavy atom. The van der Waals surface area contributed by atoms with Crippen LogP contribution >= 0.6 is 0 Å². The summed E-state index contributed by atoms with van der Waals surface area (Å²) < 4.78 is 27.0. The topological polar surface area (TPSA) is 105 Å². The molecule has 8 nitrogen and oxygen atoms in total. The van der Waals surface area contributed by atoms with Crippen molar-refractivity contribution in [1.29, 1.82) is 0 Å². The number of nitrogens with one attached hydrogen (secondary N) is 2. The maximum Gasteiger partial charge on any atom is 0.293 e. The molecule has 23 heavy (non-hydrogen) atoms. The number of nitrogens with zero attached hydrogens (tertiary/aromatic N) is 2. The maximum absolute atomic E-state index is 12.3. The Morgan fingerprint density at radius 1 is 1.26 bits per heavy atom. The fourth-order valence-electron chi connectivity index (χ4n) is 1.86. The summed E-state index contributed by atoms with van der Waals surface area (Å²) in [5.41, 5.74) is -0.636. The third-order valence-electron chi connectivity index (χ3n) is 2.79. The van der Waals surface area contributed by atoms with Crippen LogP contribution in [0.3, 0.4) is 0 Å². The summed E-state index contributed by atoms with van der Waals surface area (Å²) >= 11 is 0. The van der Waals surface area contributed by atoms with Gasteiger partial charge in [0, 0.05) is 24.7 Å². The summed E-state index contributed by atoms with van der Waals surface area (Å²) in [7, 11) is -0.0296. The molecule has 0 unspecified atom stereocenters. The second-order valence-corrected chi connectivity index (χ2v) is 8.20. The van der Waals surface area contributed by atoms with Crippen LogP contribution in [0.1, 0.15) is 20.8 Å². The Labute approximate surface area is 137 Å². The van der Waals surface area contributed by atoms with Gasteiger partial charge in [-0.1, -0.05) is 0 Å². The monoisotopic (exact) mass is 344 g/mol. The minimum Gasteiger partial charge on any atom is -0.378 e. The van der Waals surface area contributed by atoms with E-state index in [-0.39, 0.29) is 10.6 Å². The van der Waals surface area contributed by atoms with Gasteiger partial charge in [0.25, 0.3) is 5.69 Å². The van der Waals surface area contributed by atoms with Crippen molar-refractivity contribution in [3.63, 3.8) is 0 Å². The van der Waals surface area contributed by atoms with Crippen LogP contribution < -0.4 is 10.0 Å². The number of nitro benzene ring substituents is 1. The van der Waals surface area contributed by atoms with E-state index in [1.54, 1.807) is 20.8 Å². The molecule has 0 amide bonds. The van der Waals surface area contributed by atoms with E-state index in [1.165, 1.54) is 12.1 Å². The highest BCUT2D eigenvalue weighted by Gasteiger charge is 2.25. The Balaban J connectivity index is 3.11. The number of nitro groups is 1. The highest BCUT2D eigenvalue weighted by atomic mass is 32.2. The van der Waals surface area contributed by atoms with Gasteiger partial charge in [0.2, 0.25) is 10.0 Å². The van der Waals surface area contributed by atoms with Crippen molar-refractivity contribution < 1.29 is 13.3 Å². The van der Waals surface area contributed by atoms with Gasteiger partial charge in [0.05, 0.1) is 9.82 Å². The average molecular weight is 344 g/mol. The molecule has 0 heterocycles. The van der Waals surface area contributed by atoms with Crippen LogP contribution in [-0.2, 0) is 10.0 Å². The van der Waals surface area contributed by atoms with Crippen LogP contribution in [0, 0.1) is 10.1 Å². The van der Waals surface area contributed by atoms with E-state index in [0.29, 0.717) is 18.8 Å². The second-order valence-electron chi connectivity index (χ2n) is 6.52. The molecule has 0 saturated carbocycles. The normalized spacial score (nSPS) is 12.4. The number of sulfonamides is 1. The van der Waals surface area contributed by atoms with Gasteiger partial charge in [-0.3, -0.25) is 10.1 Å². The van der Waals surface area contributed by atoms with Gasteiger partial charge >= 0.3 is 0 Å². The van der Waals surface area contributed by atoms with E-state index < -0.39 is 20.5 Å². The summed E-state index contributed by atoms with van der Waals surface area (Å²) in [6.07, 6.45) is 0. The Morgan fingerprint density at radius 3 is 2.35 bits per heavy atom. The number of likely N-dealkylation sites (N-methyl/N-ethyl adjacent to an activating group) is 1. The number of anilines is 1. The molecule has 0 aromatic heterocycles. The standard InChI is InChI=1S/C14H24N4O4S/c1-14(2,3)16-23(21,22)11-6-7-12(13(10-11)18(19)20)15-8-9-17(4)5/h6-7,10,15-16H,8-9H2,1-5H3. The molecule has 0 aliphatic heterocycles. The SMILES string of the molecule is CN(C)CCNc1ccc(S(=O)(=O)NC(C)(C)C)cc1[N+](=O)[O-]. The quantitative estimate of drug-likeness (QED) is 0.575. The summed E-state index contributed by atoms with van der Waals surface area (Å²) in [6, 6.07) is 3.86. The average Bonchev–Trinajstić information content (AvgIpc) is 2.35. The first-order valence-electron chi connectivity index (χ1n) is 7.13. The first-order chi connectivity index (χ1) is 10.4. The second kappa shape index (κ2) is 7.24. The molecule has 0 aliphatic carbocycles. The van der Waals surface area contributed by atoms with Crippen molar-refractivity contribution in [3.05, 3.63) is 28.3 Å². The molecular formula is C14H24N4O4S. The number of rotatable bonds is 7. The largest absolute Gasteiger partial charge is 0.378 e. The van der Waals surface area contributed by atoms with Crippen molar-refractivity contribution in [3.8, 4) is 0 Å². The minimum atomic E-state index is -3.82. The van der Waals surface area contributed by atoms with Crippen molar-refractivity contribution in [2.75, 3.05) is 32.5 Å². The van der Waals surface area contributed by atoms with Crippen LogP contribution in [-0.4, -0.2) is 51.0 Å². The first-order valence-corrected chi connectivity index (χ1v) is 8.62. The van der Waals surface area contributed by atoms with Crippen molar-refractivity contribution >= 4 is 21.4 Å². The molecular weight excluding hydrogens is 320 g/mol. The summed E-state index contributed by atoms with van der Waals surface area (Å²) in [6.45, 7) is 6.32. The van der Waals surface area contributed by atoms with Crippen LogP contribution in [0.4, 0.5) is 11.4 Å². The lowest BCUT2D eigenvalue weighted by molar-refractivity contribution is -0.384. The van der Waals surface area contributed by atoms with E-state index in [2.05, 4.69) is 10.0 Å². The van der Waals surface area contributed by atoms with Crippen LogP contribution in [0.25, 0.3) is 0 Å². The lowest BCUT2D eigenvalue weighted by Gasteiger charge is -2.20. The molecule has 130 valence electrons. The summed E-state index contributed by atoms with van der Waals surface area (Å²) in [4.78, 5) is 12.4. The van der Waals surface area contributed by atoms with Crippen molar-refractivity contribution in [1.82, 2.24) is 9.62 Å². The Bertz CT molecular complexity index is 666. The molecule has 0 bridgehead atoms. The number of benzene rings is 1. The highest BCUT2D eigenvalue weighted by Crippen LogP contribution is 2.27. The van der Waals surface area contributed by atoms with Crippen molar-refractivity contribution in [2.24, 2.45) is 0 Å². The zero-order valence-electron chi connectivity index (χ0n) is 14.1. The maximum atomic E-state index is 12.3. The van der Waals surface area contributed by atoms with Gasteiger partial charge in [0.15, 0.2) is 0 Å². The molecule has 1 aromatic rings.